The number of nitrogens with one attached hydrogen (secondary N) is 1. The molecule has 6 heteroatoms. The fourth-order valence-corrected chi connectivity index (χ4v) is 5.11. The van der Waals surface area contributed by atoms with Crippen molar-refractivity contribution in [3.63, 3.8) is 0 Å². The molecule has 0 saturated carbocycles. The maximum atomic E-state index is 11.8. The highest BCUT2D eigenvalue weighted by Gasteiger charge is 2.25. The van der Waals surface area contributed by atoms with Gasteiger partial charge >= 0.3 is 0 Å². The second kappa shape index (κ2) is 6.06. The van der Waals surface area contributed by atoms with Gasteiger partial charge in [0.2, 0.25) is 11.9 Å². The van der Waals surface area contributed by atoms with Crippen LogP contribution < -0.4 is 10.2 Å². The standard InChI is InChI=1S/C20H20N4OS/c1-12-5-7-13(8-6-12)18-17-14-3-2-4-15(14)26-19(17)23-20(22-18)24-10-9-21-16(25)11-24/h5-8H,2-4,9-11H2,1H3,(H,21,25). The van der Waals surface area contributed by atoms with E-state index in [0.717, 1.165) is 35.5 Å². The van der Waals surface area contributed by atoms with E-state index in [4.69, 9.17) is 9.97 Å². The number of benzene rings is 1. The number of fused-ring (bicyclic) bond motifs is 3. The minimum Gasteiger partial charge on any atom is -0.353 e. The SMILES string of the molecule is Cc1ccc(-c2nc(N3CCNC(=O)C3)nc3sc4c(c23)CCC4)cc1. The monoisotopic (exact) mass is 364 g/mol. The summed E-state index contributed by atoms with van der Waals surface area (Å²) in [6.07, 6.45) is 3.48. The molecule has 26 heavy (non-hydrogen) atoms. The highest BCUT2D eigenvalue weighted by molar-refractivity contribution is 7.19. The normalized spacial score (nSPS) is 16.8. The van der Waals surface area contributed by atoms with Gasteiger partial charge in [-0.2, -0.15) is 0 Å². The van der Waals surface area contributed by atoms with Gasteiger partial charge in [-0.05, 0) is 31.7 Å². The quantitative estimate of drug-likeness (QED) is 0.759. The highest BCUT2D eigenvalue weighted by atomic mass is 32.1. The maximum absolute atomic E-state index is 11.8. The van der Waals surface area contributed by atoms with Crippen molar-refractivity contribution in [1.29, 1.82) is 0 Å². The summed E-state index contributed by atoms with van der Waals surface area (Å²) in [4.78, 5) is 26.1. The molecule has 0 spiro atoms. The van der Waals surface area contributed by atoms with Gasteiger partial charge in [-0.1, -0.05) is 29.8 Å². The largest absolute Gasteiger partial charge is 0.353 e. The second-order valence-corrected chi connectivity index (χ2v) is 8.13. The van der Waals surface area contributed by atoms with E-state index in [2.05, 4.69) is 36.5 Å². The zero-order valence-corrected chi connectivity index (χ0v) is 15.5. The van der Waals surface area contributed by atoms with Crippen LogP contribution in [0.1, 0.15) is 22.4 Å². The number of carbonyl (C=O) groups is 1. The number of nitrogens with zero attached hydrogens (tertiary/aromatic N) is 3. The first kappa shape index (κ1) is 15.8. The fraction of sp³-hybridized carbons (Fsp3) is 0.350. The summed E-state index contributed by atoms with van der Waals surface area (Å²) >= 11 is 1.80. The van der Waals surface area contributed by atoms with Gasteiger partial charge in [0.05, 0.1) is 12.2 Å². The van der Waals surface area contributed by atoms with Gasteiger partial charge < -0.3 is 10.2 Å². The minimum atomic E-state index is 0.0329. The minimum absolute atomic E-state index is 0.0329. The van der Waals surface area contributed by atoms with Crippen molar-refractivity contribution in [2.24, 2.45) is 0 Å². The number of hydrogen-bond acceptors (Lipinski definition) is 5. The van der Waals surface area contributed by atoms with Crippen molar-refractivity contribution in [2.75, 3.05) is 24.5 Å². The van der Waals surface area contributed by atoms with E-state index in [0.29, 0.717) is 19.0 Å². The third-order valence-corrected chi connectivity index (χ3v) is 6.38. The van der Waals surface area contributed by atoms with Crippen molar-refractivity contribution in [2.45, 2.75) is 26.2 Å². The molecule has 1 fully saturated rings. The van der Waals surface area contributed by atoms with Crippen LogP contribution in [0.15, 0.2) is 24.3 Å². The lowest BCUT2D eigenvalue weighted by atomic mass is 10.0. The Morgan fingerprint density at radius 2 is 2.00 bits per heavy atom. The van der Waals surface area contributed by atoms with Crippen molar-refractivity contribution in [1.82, 2.24) is 15.3 Å². The zero-order valence-electron chi connectivity index (χ0n) is 14.7. The first-order valence-corrected chi connectivity index (χ1v) is 9.91. The third-order valence-electron chi connectivity index (χ3n) is 5.20. The Bertz CT molecular complexity index is 1010. The predicted octanol–water partition coefficient (Wildman–Crippen LogP) is 3.09. The van der Waals surface area contributed by atoms with E-state index in [1.165, 1.54) is 27.8 Å². The number of amides is 1. The van der Waals surface area contributed by atoms with Crippen LogP contribution in [0.4, 0.5) is 5.95 Å². The molecule has 0 radical (unpaired) electrons. The molecule has 0 unspecified atom stereocenters. The van der Waals surface area contributed by atoms with Gasteiger partial charge in [0, 0.05) is 28.9 Å². The molecule has 1 aliphatic carbocycles. The first-order valence-electron chi connectivity index (χ1n) is 9.10. The van der Waals surface area contributed by atoms with Crippen molar-refractivity contribution < 1.29 is 4.79 Å². The molecule has 0 bridgehead atoms. The third kappa shape index (κ3) is 2.56. The second-order valence-electron chi connectivity index (χ2n) is 7.05. The first-order chi connectivity index (χ1) is 12.7. The van der Waals surface area contributed by atoms with E-state index < -0.39 is 0 Å². The van der Waals surface area contributed by atoms with Crippen molar-refractivity contribution in [3.8, 4) is 11.3 Å². The van der Waals surface area contributed by atoms with Crippen molar-refractivity contribution >= 4 is 33.4 Å². The molecule has 0 atom stereocenters. The molecule has 1 aliphatic heterocycles. The Balaban J connectivity index is 1.71. The molecule has 1 amide bonds. The lowest BCUT2D eigenvalue weighted by molar-refractivity contribution is -0.120. The summed E-state index contributed by atoms with van der Waals surface area (Å²) in [5.74, 6) is 0.702. The van der Waals surface area contributed by atoms with Crippen LogP contribution >= 0.6 is 11.3 Å². The number of piperazine rings is 1. The Labute approximate surface area is 156 Å². The van der Waals surface area contributed by atoms with E-state index in [1.54, 1.807) is 11.3 Å². The molecule has 2 aliphatic rings. The number of anilines is 1. The van der Waals surface area contributed by atoms with E-state index >= 15 is 0 Å². The topological polar surface area (TPSA) is 58.1 Å². The van der Waals surface area contributed by atoms with Crippen LogP contribution in [-0.2, 0) is 17.6 Å². The molecule has 2 aromatic heterocycles. The van der Waals surface area contributed by atoms with Crippen LogP contribution in [0.2, 0.25) is 0 Å². The molecule has 3 heterocycles. The number of aromatic nitrogens is 2. The van der Waals surface area contributed by atoms with E-state index in [9.17, 15) is 4.79 Å². The average molecular weight is 364 g/mol. The smallest absolute Gasteiger partial charge is 0.239 e. The molecule has 5 nitrogen and oxygen atoms in total. The molecular weight excluding hydrogens is 344 g/mol. The number of hydrogen-bond donors (Lipinski definition) is 1. The molecule has 1 aromatic carbocycles. The Morgan fingerprint density at radius 3 is 2.81 bits per heavy atom. The summed E-state index contributed by atoms with van der Waals surface area (Å²) in [6.45, 7) is 3.81. The van der Waals surface area contributed by atoms with E-state index in [1.807, 2.05) is 4.90 Å². The molecule has 1 N–H and O–H groups in total. The molecule has 3 aromatic rings. The van der Waals surface area contributed by atoms with Gasteiger partial charge in [0.15, 0.2) is 0 Å². The maximum Gasteiger partial charge on any atom is 0.239 e. The summed E-state index contributed by atoms with van der Waals surface area (Å²) in [5.41, 5.74) is 4.81. The van der Waals surface area contributed by atoms with Crippen LogP contribution in [0, 0.1) is 6.92 Å². The number of aryl methyl sites for hydroxylation is 3. The summed E-state index contributed by atoms with van der Waals surface area (Å²) in [6, 6.07) is 8.54. The number of rotatable bonds is 2. The molecule has 1 saturated heterocycles. The number of thiophene rings is 1. The Morgan fingerprint density at radius 1 is 1.15 bits per heavy atom. The summed E-state index contributed by atoms with van der Waals surface area (Å²) < 4.78 is 0. The van der Waals surface area contributed by atoms with Gasteiger partial charge in [-0.25, -0.2) is 9.97 Å². The number of carbonyl (C=O) groups excluding carboxylic acids is 1. The van der Waals surface area contributed by atoms with Gasteiger partial charge in [0.25, 0.3) is 0 Å². The van der Waals surface area contributed by atoms with Crippen LogP contribution in [0.25, 0.3) is 21.5 Å². The average Bonchev–Trinajstić information content (AvgIpc) is 3.22. The van der Waals surface area contributed by atoms with E-state index in [-0.39, 0.29) is 5.91 Å². The zero-order chi connectivity index (χ0) is 17.7. The lowest BCUT2D eigenvalue weighted by Gasteiger charge is -2.27. The Kier molecular flexibility index (Phi) is 3.67. The predicted molar refractivity (Wildman–Crippen MR) is 105 cm³/mol. The molecule has 132 valence electrons. The summed E-state index contributed by atoms with van der Waals surface area (Å²) in [5, 5.41) is 4.09. The van der Waals surface area contributed by atoms with Crippen LogP contribution in [-0.4, -0.2) is 35.5 Å². The van der Waals surface area contributed by atoms with Crippen LogP contribution in [0.3, 0.4) is 0 Å². The molecule has 5 rings (SSSR count). The van der Waals surface area contributed by atoms with Crippen molar-refractivity contribution in [3.05, 3.63) is 40.3 Å². The fourth-order valence-electron chi connectivity index (χ4n) is 3.86. The summed E-state index contributed by atoms with van der Waals surface area (Å²) in [7, 11) is 0. The van der Waals surface area contributed by atoms with Gasteiger partial charge in [-0.15, -0.1) is 11.3 Å². The molecular formula is C20H20N4OS. The highest BCUT2D eigenvalue weighted by Crippen LogP contribution is 2.41. The Hall–Kier alpha value is -2.47. The van der Waals surface area contributed by atoms with Gasteiger partial charge in [0.1, 0.15) is 4.83 Å². The lowest BCUT2D eigenvalue weighted by Crippen LogP contribution is -2.48. The van der Waals surface area contributed by atoms with Gasteiger partial charge in [-0.3, -0.25) is 4.79 Å². The van der Waals surface area contributed by atoms with Crippen LogP contribution in [0.5, 0.6) is 0 Å².